The Morgan fingerprint density at radius 2 is 1.48 bits per heavy atom. The topological polar surface area (TPSA) is 35.9 Å². The van der Waals surface area contributed by atoms with E-state index in [0.29, 0.717) is 25.2 Å². The maximum Gasteiger partial charge on any atom is 0.416 e. The number of aliphatic hydroxyl groups excluding tert-OH is 1. The van der Waals surface area contributed by atoms with Crippen LogP contribution in [0.3, 0.4) is 0 Å². The molecule has 2 aromatic rings. The second kappa shape index (κ2) is 9.80. The number of nitrogens with zero attached hydrogens (tertiary/aromatic N) is 2. The number of β-amino-alcohol motifs (C(OH)–C–C–N with tert-alkyl or cyclic N) is 1. The van der Waals surface area contributed by atoms with Crippen LogP contribution in [-0.2, 0) is 12.4 Å². The Balaban J connectivity index is 1.56. The van der Waals surface area contributed by atoms with Gasteiger partial charge in [-0.05, 0) is 49.2 Å². The van der Waals surface area contributed by atoms with Crippen LogP contribution in [0, 0.1) is 13.8 Å². The molecule has 33 heavy (non-hydrogen) atoms. The third kappa shape index (κ3) is 6.54. The third-order valence-electron chi connectivity index (χ3n) is 5.76. The highest BCUT2D eigenvalue weighted by Gasteiger charge is 2.37. The summed E-state index contributed by atoms with van der Waals surface area (Å²) >= 11 is 0. The highest BCUT2D eigenvalue weighted by molar-refractivity contribution is 5.56. The summed E-state index contributed by atoms with van der Waals surface area (Å²) in [6.07, 6.45) is -11.0. The molecule has 0 unspecified atom stereocenters. The number of rotatable bonds is 6. The second-order valence-electron chi connectivity index (χ2n) is 8.21. The maximum absolute atomic E-state index is 13.0. The fraction of sp³-hybridized carbons (Fsp3) is 0.478. The number of aliphatic hydroxyl groups is 1. The molecule has 3 rings (SSSR count). The van der Waals surface area contributed by atoms with Crippen molar-refractivity contribution in [1.82, 2.24) is 4.90 Å². The lowest BCUT2D eigenvalue weighted by molar-refractivity contribution is -0.143. The van der Waals surface area contributed by atoms with E-state index in [0.717, 1.165) is 18.8 Å². The first-order chi connectivity index (χ1) is 15.3. The zero-order chi connectivity index (χ0) is 24.4. The van der Waals surface area contributed by atoms with Gasteiger partial charge in [-0.1, -0.05) is 12.1 Å². The number of benzene rings is 2. The Hall–Kier alpha value is -2.46. The molecule has 1 aliphatic heterocycles. The van der Waals surface area contributed by atoms with Crippen molar-refractivity contribution in [3.8, 4) is 5.75 Å². The maximum atomic E-state index is 13.0. The molecule has 1 saturated heterocycles. The minimum Gasteiger partial charge on any atom is -0.491 e. The van der Waals surface area contributed by atoms with Crippen molar-refractivity contribution in [3.05, 3.63) is 58.7 Å². The number of aryl methyl sites for hydroxylation is 1. The van der Waals surface area contributed by atoms with Crippen LogP contribution in [0.4, 0.5) is 32.0 Å². The molecule has 0 aromatic heterocycles. The minimum atomic E-state index is -4.95. The number of alkyl halides is 6. The molecule has 1 heterocycles. The van der Waals surface area contributed by atoms with Crippen LogP contribution in [0.25, 0.3) is 0 Å². The summed E-state index contributed by atoms with van der Waals surface area (Å²) in [5.74, 6) is -0.587. The van der Waals surface area contributed by atoms with Gasteiger partial charge in [0, 0.05) is 38.4 Å². The zero-order valence-corrected chi connectivity index (χ0v) is 18.3. The smallest absolute Gasteiger partial charge is 0.416 e. The molecule has 1 atom stereocenters. The van der Waals surface area contributed by atoms with Crippen LogP contribution in [0.5, 0.6) is 5.75 Å². The number of halogens is 6. The molecule has 1 fully saturated rings. The molecule has 182 valence electrons. The number of anilines is 1. The molecule has 10 heteroatoms. The third-order valence-corrected chi connectivity index (χ3v) is 5.76. The van der Waals surface area contributed by atoms with E-state index in [2.05, 4.69) is 17.9 Å². The number of ether oxygens (including phenoxy) is 1. The van der Waals surface area contributed by atoms with E-state index in [-0.39, 0.29) is 12.6 Å². The largest absolute Gasteiger partial charge is 0.491 e. The minimum absolute atomic E-state index is 0.0404. The second-order valence-corrected chi connectivity index (χ2v) is 8.21. The summed E-state index contributed by atoms with van der Waals surface area (Å²) in [6, 6.07) is 7.16. The van der Waals surface area contributed by atoms with E-state index in [1.807, 2.05) is 24.0 Å². The van der Waals surface area contributed by atoms with Gasteiger partial charge in [0.15, 0.2) is 0 Å². The molecule has 2 aromatic carbocycles. The Morgan fingerprint density at radius 1 is 0.909 bits per heavy atom. The predicted molar refractivity (Wildman–Crippen MR) is 113 cm³/mol. The predicted octanol–water partition coefficient (Wildman–Crippen LogP) is 4.90. The Bertz CT molecular complexity index is 921. The van der Waals surface area contributed by atoms with Gasteiger partial charge in [-0.15, -0.1) is 0 Å². The standard InChI is InChI=1S/C23H26F6N2O2/c1-15-4-3-5-21(16(15)2)31-8-6-30(7-9-31)13-19(32)14-33-20-11-17(22(24,25)26)10-18(12-20)23(27,28)29/h3-5,10-12,19,32H,6-9,13-14H2,1-2H3/t19-/m1/s1. The van der Waals surface area contributed by atoms with E-state index in [9.17, 15) is 31.4 Å². The van der Waals surface area contributed by atoms with Gasteiger partial charge in [-0.25, -0.2) is 0 Å². The van der Waals surface area contributed by atoms with Gasteiger partial charge >= 0.3 is 12.4 Å². The van der Waals surface area contributed by atoms with Crippen molar-refractivity contribution in [2.45, 2.75) is 32.3 Å². The monoisotopic (exact) mass is 476 g/mol. The van der Waals surface area contributed by atoms with Gasteiger partial charge in [0.2, 0.25) is 0 Å². The average molecular weight is 476 g/mol. The average Bonchev–Trinajstić information content (AvgIpc) is 2.73. The van der Waals surface area contributed by atoms with E-state index in [1.54, 1.807) is 0 Å². The van der Waals surface area contributed by atoms with E-state index in [4.69, 9.17) is 4.74 Å². The van der Waals surface area contributed by atoms with Gasteiger partial charge in [0.05, 0.1) is 11.1 Å². The molecule has 0 amide bonds. The molecule has 0 aliphatic carbocycles. The van der Waals surface area contributed by atoms with Crippen molar-refractivity contribution < 1.29 is 36.2 Å². The summed E-state index contributed by atoms with van der Waals surface area (Å²) in [7, 11) is 0. The summed E-state index contributed by atoms with van der Waals surface area (Å²) < 4.78 is 82.9. The van der Waals surface area contributed by atoms with Gasteiger partial charge < -0.3 is 14.7 Å². The van der Waals surface area contributed by atoms with Crippen molar-refractivity contribution >= 4 is 5.69 Å². The van der Waals surface area contributed by atoms with E-state index in [1.165, 1.54) is 11.1 Å². The number of hydrogen-bond donors (Lipinski definition) is 1. The van der Waals surface area contributed by atoms with E-state index >= 15 is 0 Å². The van der Waals surface area contributed by atoms with Gasteiger partial charge in [-0.2, -0.15) is 26.3 Å². The fourth-order valence-electron chi connectivity index (χ4n) is 3.80. The van der Waals surface area contributed by atoms with Crippen molar-refractivity contribution in [2.24, 2.45) is 0 Å². The highest BCUT2D eigenvalue weighted by Crippen LogP contribution is 2.38. The summed E-state index contributed by atoms with van der Waals surface area (Å²) in [5, 5.41) is 10.3. The lowest BCUT2D eigenvalue weighted by atomic mass is 10.1. The van der Waals surface area contributed by atoms with Gasteiger partial charge in [-0.3, -0.25) is 4.90 Å². The van der Waals surface area contributed by atoms with Gasteiger partial charge in [0.1, 0.15) is 18.5 Å². The molecule has 4 nitrogen and oxygen atoms in total. The van der Waals surface area contributed by atoms with Crippen molar-refractivity contribution in [3.63, 3.8) is 0 Å². The molecule has 1 N–H and O–H groups in total. The highest BCUT2D eigenvalue weighted by atomic mass is 19.4. The van der Waals surface area contributed by atoms with Crippen LogP contribution >= 0.6 is 0 Å². The van der Waals surface area contributed by atoms with Crippen LogP contribution in [0.1, 0.15) is 22.3 Å². The zero-order valence-electron chi connectivity index (χ0n) is 18.3. The first-order valence-electron chi connectivity index (χ1n) is 10.5. The Kier molecular flexibility index (Phi) is 7.48. The molecule has 0 radical (unpaired) electrons. The molecule has 0 bridgehead atoms. The van der Waals surface area contributed by atoms with Gasteiger partial charge in [0.25, 0.3) is 0 Å². The normalized spacial score (nSPS) is 16.7. The molecule has 0 spiro atoms. The summed E-state index contributed by atoms with van der Waals surface area (Å²) in [5.41, 5.74) is 0.654. The number of hydrogen-bond acceptors (Lipinski definition) is 4. The Morgan fingerprint density at radius 3 is 2.03 bits per heavy atom. The lowest BCUT2D eigenvalue weighted by Crippen LogP contribution is -2.49. The first-order valence-corrected chi connectivity index (χ1v) is 10.5. The van der Waals surface area contributed by atoms with Crippen LogP contribution in [0.15, 0.2) is 36.4 Å². The first kappa shape index (κ1) is 25.2. The molecule has 1 aliphatic rings. The quantitative estimate of drug-likeness (QED) is 0.602. The van der Waals surface area contributed by atoms with E-state index < -0.39 is 41.9 Å². The van der Waals surface area contributed by atoms with Crippen molar-refractivity contribution in [1.29, 1.82) is 0 Å². The van der Waals surface area contributed by atoms with Crippen LogP contribution in [0.2, 0.25) is 0 Å². The SMILES string of the molecule is Cc1cccc(N2CCN(C[C@@H](O)COc3cc(C(F)(F)F)cc(C(F)(F)F)c3)CC2)c1C. The summed E-state index contributed by atoms with van der Waals surface area (Å²) in [6.45, 7) is 6.69. The Labute approximate surface area is 188 Å². The number of piperazine rings is 1. The molecule has 0 saturated carbocycles. The molecular formula is C23H26F6N2O2. The van der Waals surface area contributed by atoms with Crippen LogP contribution in [-0.4, -0.2) is 55.4 Å². The van der Waals surface area contributed by atoms with Crippen LogP contribution < -0.4 is 9.64 Å². The van der Waals surface area contributed by atoms with Crippen molar-refractivity contribution in [2.75, 3.05) is 44.2 Å². The fourth-order valence-corrected chi connectivity index (χ4v) is 3.80. The summed E-state index contributed by atoms with van der Waals surface area (Å²) in [4.78, 5) is 4.24. The molecular weight excluding hydrogens is 450 g/mol. The lowest BCUT2D eigenvalue weighted by Gasteiger charge is -2.37.